The van der Waals surface area contributed by atoms with Crippen molar-refractivity contribution in [2.45, 2.75) is 40.2 Å². The number of methoxy groups -OCH3 is 1. The second-order valence-electron chi connectivity index (χ2n) is 7.43. The fourth-order valence-corrected chi connectivity index (χ4v) is 2.52. The maximum Gasteiger partial charge on any atom is 0.225 e. The summed E-state index contributed by atoms with van der Waals surface area (Å²) >= 11 is 0. The highest BCUT2D eigenvalue weighted by atomic mass is 16.5. The Kier molecular flexibility index (Phi) is 6.61. The molecule has 26 heavy (non-hydrogen) atoms. The van der Waals surface area contributed by atoms with Crippen LogP contribution >= 0.6 is 0 Å². The van der Waals surface area contributed by atoms with E-state index in [0.29, 0.717) is 25.9 Å². The third-order valence-corrected chi connectivity index (χ3v) is 4.15. The molecule has 0 saturated carbocycles. The summed E-state index contributed by atoms with van der Waals surface area (Å²) in [7, 11) is 1.65. The maximum atomic E-state index is 12.0. The molecule has 0 aliphatic heterocycles. The van der Waals surface area contributed by atoms with Gasteiger partial charge in [-0.3, -0.25) is 9.59 Å². The molecule has 5 nitrogen and oxygen atoms in total. The van der Waals surface area contributed by atoms with Crippen molar-refractivity contribution in [1.82, 2.24) is 10.6 Å². The number of carbonyl (C=O) groups excluding carboxylic acids is 2. The van der Waals surface area contributed by atoms with Crippen molar-refractivity contribution in [1.29, 1.82) is 0 Å². The molecule has 2 amide bonds. The summed E-state index contributed by atoms with van der Waals surface area (Å²) in [6, 6.07) is 12.0. The lowest BCUT2D eigenvalue weighted by molar-refractivity contribution is -0.128. The van der Waals surface area contributed by atoms with Crippen LogP contribution in [0.1, 0.15) is 39.2 Å². The smallest absolute Gasteiger partial charge is 0.225 e. The average molecular weight is 356 g/mol. The van der Waals surface area contributed by atoms with Gasteiger partial charge in [-0.1, -0.05) is 39.0 Å². The number of rotatable bonds is 7. The Balaban J connectivity index is 1.77. The van der Waals surface area contributed by atoms with Crippen LogP contribution in [-0.2, 0) is 16.1 Å². The van der Waals surface area contributed by atoms with Crippen molar-refractivity contribution in [3.05, 3.63) is 42.0 Å². The van der Waals surface area contributed by atoms with Gasteiger partial charge in [0.15, 0.2) is 0 Å². The molecule has 0 unspecified atom stereocenters. The molecule has 0 radical (unpaired) electrons. The maximum absolute atomic E-state index is 12.0. The summed E-state index contributed by atoms with van der Waals surface area (Å²) < 4.78 is 5.23. The first kappa shape index (κ1) is 19.8. The highest BCUT2D eigenvalue weighted by molar-refractivity contribution is 5.85. The van der Waals surface area contributed by atoms with Gasteiger partial charge in [0, 0.05) is 24.9 Å². The van der Waals surface area contributed by atoms with E-state index in [1.54, 1.807) is 7.11 Å². The van der Waals surface area contributed by atoms with E-state index in [1.807, 2.05) is 51.1 Å². The third kappa shape index (κ3) is 5.76. The van der Waals surface area contributed by atoms with Crippen LogP contribution in [0.15, 0.2) is 36.4 Å². The van der Waals surface area contributed by atoms with Crippen LogP contribution in [0.5, 0.6) is 5.75 Å². The number of fused-ring (bicyclic) bond motifs is 1. The fourth-order valence-electron chi connectivity index (χ4n) is 2.52. The summed E-state index contributed by atoms with van der Waals surface area (Å²) in [4.78, 5) is 23.7. The van der Waals surface area contributed by atoms with Crippen LogP contribution < -0.4 is 15.4 Å². The minimum atomic E-state index is -0.400. The average Bonchev–Trinajstić information content (AvgIpc) is 2.61. The van der Waals surface area contributed by atoms with Crippen LogP contribution in [-0.4, -0.2) is 25.5 Å². The molecule has 0 atom stereocenters. The molecule has 140 valence electrons. The molecule has 0 aliphatic carbocycles. The van der Waals surface area contributed by atoms with Crippen molar-refractivity contribution in [2.24, 2.45) is 5.41 Å². The molecule has 2 N–H and O–H groups in total. The summed E-state index contributed by atoms with van der Waals surface area (Å²) in [5.74, 6) is 0.827. The molecule has 0 heterocycles. The van der Waals surface area contributed by atoms with Crippen LogP contribution in [0.2, 0.25) is 0 Å². The van der Waals surface area contributed by atoms with E-state index in [9.17, 15) is 9.59 Å². The minimum Gasteiger partial charge on any atom is -0.497 e. The van der Waals surface area contributed by atoms with Crippen molar-refractivity contribution < 1.29 is 14.3 Å². The Hall–Kier alpha value is -2.56. The normalized spacial score (nSPS) is 11.2. The number of amides is 2. The zero-order valence-electron chi connectivity index (χ0n) is 16.0. The van der Waals surface area contributed by atoms with E-state index in [-0.39, 0.29) is 11.8 Å². The zero-order valence-corrected chi connectivity index (χ0v) is 16.0. The van der Waals surface area contributed by atoms with Gasteiger partial charge in [-0.2, -0.15) is 0 Å². The molecule has 0 aromatic heterocycles. The fraction of sp³-hybridized carbons (Fsp3) is 0.429. The lowest BCUT2D eigenvalue weighted by Gasteiger charge is -2.17. The van der Waals surface area contributed by atoms with Gasteiger partial charge in [0.2, 0.25) is 11.8 Å². The zero-order chi connectivity index (χ0) is 19.2. The largest absolute Gasteiger partial charge is 0.497 e. The van der Waals surface area contributed by atoms with Gasteiger partial charge in [-0.15, -0.1) is 0 Å². The molecule has 2 aromatic rings. The number of carbonyl (C=O) groups is 2. The predicted octanol–water partition coefficient (Wildman–Crippen LogP) is 3.41. The minimum absolute atomic E-state index is 0.00528. The Morgan fingerprint density at radius 2 is 1.69 bits per heavy atom. The molecule has 2 rings (SSSR count). The van der Waals surface area contributed by atoms with Gasteiger partial charge >= 0.3 is 0 Å². The molecule has 2 aromatic carbocycles. The Morgan fingerprint density at radius 1 is 1.00 bits per heavy atom. The summed E-state index contributed by atoms with van der Waals surface area (Å²) in [5.41, 5.74) is 0.652. The number of ether oxygens (including phenoxy) is 1. The van der Waals surface area contributed by atoms with Gasteiger partial charge in [0.25, 0.3) is 0 Å². The first-order valence-electron chi connectivity index (χ1n) is 8.91. The molecule has 0 aliphatic rings. The number of benzene rings is 2. The molecule has 0 spiro atoms. The van der Waals surface area contributed by atoms with Gasteiger partial charge in [0.1, 0.15) is 5.75 Å². The lowest BCUT2D eigenvalue weighted by atomic mass is 9.96. The van der Waals surface area contributed by atoms with E-state index in [4.69, 9.17) is 4.74 Å². The van der Waals surface area contributed by atoms with Gasteiger partial charge in [-0.25, -0.2) is 0 Å². The van der Waals surface area contributed by atoms with Crippen LogP contribution in [0.4, 0.5) is 0 Å². The van der Waals surface area contributed by atoms with Crippen LogP contribution in [0, 0.1) is 5.41 Å². The van der Waals surface area contributed by atoms with E-state index in [2.05, 4.69) is 16.7 Å². The third-order valence-electron chi connectivity index (χ3n) is 4.15. The van der Waals surface area contributed by atoms with Gasteiger partial charge in [-0.05, 0) is 41.0 Å². The SMILES string of the molecule is COc1ccc2cc(CNC(=O)CCCNC(=O)C(C)(C)C)ccc2c1. The first-order chi connectivity index (χ1) is 12.3. The Morgan fingerprint density at radius 3 is 2.38 bits per heavy atom. The van der Waals surface area contributed by atoms with Crippen molar-refractivity contribution in [3.8, 4) is 5.75 Å². The Labute approximate surface area is 155 Å². The standard InChI is InChI=1S/C21H28N2O3/c1-21(2,3)20(25)22-11-5-6-19(24)23-14-15-7-8-17-13-18(26-4)10-9-16(17)12-15/h7-10,12-13H,5-6,11,14H2,1-4H3,(H,22,25)(H,23,24). The number of hydrogen-bond acceptors (Lipinski definition) is 3. The molecule has 0 fully saturated rings. The second kappa shape index (κ2) is 8.70. The number of hydrogen-bond donors (Lipinski definition) is 2. The summed E-state index contributed by atoms with van der Waals surface area (Å²) in [6.45, 7) is 6.62. The van der Waals surface area contributed by atoms with E-state index >= 15 is 0 Å². The Bertz CT molecular complexity index is 778. The molecular formula is C21H28N2O3. The topological polar surface area (TPSA) is 67.4 Å². The van der Waals surface area contributed by atoms with Crippen LogP contribution in [0.25, 0.3) is 10.8 Å². The lowest BCUT2D eigenvalue weighted by Crippen LogP contribution is -2.35. The van der Waals surface area contributed by atoms with Gasteiger partial charge in [0.05, 0.1) is 7.11 Å². The van der Waals surface area contributed by atoms with E-state index in [0.717, 1.165) is 22.1 Å². The van der Waals surface area contributed by atoms with Crippen LogP contribution in [0.3, 0.4) is 0 Å². The van der Waals surface area contributed by atoms with E-state index < -0.39 is 5.41 Å². The van der Waals surface area contributed by atoms with E-state index in [1.165, 1.54) is 0 Å². The molecule has 0 saturated heterocycles. The molecular weight excluding hydrogens is 328 g/mol. The monoisotopic (exact) mass is 356 g/mol. The summed E-state index contributed by atoms with van der Waals surface area (Å²) in [5, 5.41) is 8.00. The first-order valence-corrected chi connectivity index (χ1v) is 8.91. The van der Waals surface area contributed by atoms with Crippen molar-refractivity contribution in [2.75, 3.05) is 13.7 Å². The summed E-state index contributed by atoms with van der Waals surface area (Å²) in [6.07, 6.45) is 1.03. The van der Waals surface area contributed by atoms with Crippen molar-refractivity contribution >= 4 is 22.6 Å². The quantitative estimate of drug-likeness (QED) is 0.747. The molecule has 5 heteroatoms. The van der Waals surface area contributed by atoms with Crippen molar-refractivity contribution in [3.63, 3.8) is 0 Å². The predicted molar refractivity (Wildman–Crippen MR) is 104 cm³/mol. The van der Waals surface area contributed by atoms with Gasteiger partial charge < -0.3 is 15.4 Å². The highest BCUT2D eigenvalue weighted by Crippen LogP contribution is 2.21. The number of nitrogens with one attached hydrogen (secondary N) is 2. The second-order valence-corrected chi connectivity index (χ2v) is 7.43. The highest BCUT2D eigenvalue weighted by Gasteiger charge is 2.20. The molecule has 0 bridgehead atoms.